The van der Waals surface area contributed by atoms with Gasteiger partial charge in [0.05, 0.1) is 14.2 Å². The third kappa shape index (κ3) is 4.70. The Morgan fingerprint density at radius 1 is 1.11 bits per heavy atom. The normalized spacial score (nSPS) is 13.9. The summed E-state index contributed by atoms with van der Waals surface area (Å²) >= 11 is 0. The molecule has 0 aromatic heterocycles. The molecule has 0 fully saturated rings. The van der Waals surface area contributed by atoms with E-state index < -0.39 is 0 Å². The maximum atomic E-state index is 5.66. The summed E-state index contributed by atoms with van der Waals surface area (Å²) in [6.45, 7) is 2.84. The molecule has 0 aliphatic carbocycles. The van der Waals surface area contributed by atoms with Crippen LogP contribution in [0, 0.1) is 5.92 Å². The summed E-state index contributed by atoms with van der Waals surface area (Å²) in [6, 6.07) is 5.81. The molecule has 0 aliphatic heterocycles. The van der Waals surface area contributed by atoms with Gasteiger partial charge in [-0.05, 0) is 30.0 Å². The van der Waals surface area contributed by atoms with E-state index in [0.717, 1.165) is 23.5 Å². The van der Waals surface area contributed by atoms with Crippen LogP contribution in [0.25, 0.3) is 0 Å². The summed E-state index contributed by atoms with van der Waals surface area (Å²) in [5.41, 5.74) is 3.89. The maximum Gasteiger partial charge on any atom is 0.122 e. The van der Waals surface area contributed by atoms with E-state index in [-0.39, 0.29) is 6.04 Å². The summed E-state index contributed by atoms with van der Waals surface area (Å²) in [4.78, 5) is 0. The largest absolute Gasteiger partial charge is 0.497 e. The zero-order valence-electron chi connectivity index (χ0n) is 12.1. The molecule has 2 unspecified atom stereocenters. The highest BCUT2D eigenvalue weighted by Gasteiger charge is 2.16. The second kappa shape index (κ2) is 7.99. The van der Waals surface area contributed by atoms with Crippen molar-refractivity contribution in [1.29, 1.82) is 0 Å². The average Bonchev–Trinajstić information content (AvgIpc) is 2.44. The Hall–Kier alpha value is -1.30. The van der Waals surface area contributed by atoms with E-state index in [1.165, 1.54) is 0 Å². The lowest BCUT2D eigenvalue weighted by Crippen LogP contribution is -2.30. The van der Waals surface area contributed by atoms with E-state index in [1.807, 2.05) is 18.2 Å². The summed E-state index contributed by atoms with van der Waals surface area (Å²) in [6.07, 6.45) is 0.876. The van der Waals surface area contributed by atoms with Crippen LogP contribution in [-0.2, 0) is 4.74 Å². The molecule has 0 heterocycles. The minimum Gasteiger partial charge on any atom is -0.497 e. The number of nitrogens with one attached hydrogen (secondary N) is 1. The zero-order chi connectivity index (χ0) is 14.3. The van der Waals surface area contributed by atoms with Gasteiger partial charge in [0.1, 0.15) is 11.5 Å². The Morgan fingerprint density at radius 2 is 1.68 bits per heavy atom. The smallest absolute Gasteiger partial charge is 0.122 e. The average molecular weight is 268 g/mol. The molecule has 5 heteroatoms. The minimum atomic E-state index is 0.0362. The van der Waals surface area contributed by atoms with Gasteiger partial charge in [-0.1, -0.05) is 6.92 Å². The minimum absolute atomic E-state index is 0.0362. The summed E-state index contributed by atoms with van der Waals surface area (Å²) in [7, 11) is 4.98. The van der Waals surface area contributed by atoms with Crippen LogP contribution in [0.15, 0.2) is 18.2 Å². The molecule has 0 spiro atoms. The summed E-state index contributed by atoms with van der Waals surface area (Å²) in [5.74, 6) is 7.58. The van der Waals surface area contributed by atoms with Crippen LogP contribution in [0.5, 0.6) is 11.5 Å². The van der Waals surface area contributed by atoms with Crippen LogP contribution in [0.3, 0.4) is 0 Å². The van der Waals surface area contributed by atoms with Crippen molar-refractivity contribution in [3.63, 3.8) is 0 Å². The molecular weight excluding hydrogens is 244 g/mol. The topological polar surface area (TPSA) is 65.7 Å². The van der Waals surface area contributed by atoms with Crippen LogP contribution in [0.1, 0.15) is 24.9 Å². The fraction of sp³-hybridized carbons (Fsp3) is 0.571. The van der Waals surface area contributed by atoms with E-state index in [4.69, 9.17) is 20.1 Å². The van der Waals surface area contributed by atoms with Crippen molar-refractivity contribution in [3.05, 3.63) is 23.8 Å². The van der Waals surface area contributed by atoms with Gasteiger partial charge in [0.2, 0.25) is 0 Å². The Labute approximate surface area is 115 Å². The quantitative estimate of drug-likeness (QED) is 0.556. The van der Waals surface area contributed by atoms with Crippen molar-refractivity contribution >= 4 is 0 Å². The molecule has 1 rings (SSSR count). The molecule has 3 N–H and O–H groups in total. The highest BCUT2D eigenvalue weighted by atomic mass is 16.5. The summed E-state index contributed by atoms with van der Waals surface area (Å²) < 4.78 is 15.7. The van der Waals surface area contributed by atoms with E-state index in [1.54, 1.807) is 21.3 Å². The zero-order valence-corrected chi connectivity index (χ0v) is 12.1. The van der Waals surface area contributed by atoms with Gasteiger partial charge < -0.3 is 14.2 Å². The maximum absolute atomic E-state index is 5.66. The molecule has 19 heavy (non-hydrogen) atoms. The first-order valence-corrected chi connectivity index (χ1v) is 6.32. The van der Waals surface area contributed by atoms with Gasteiger partial charge in [0, 0.05) is 25.8 Å². The van der Waals surface area contributed by atoms with Gasteiger partial charge in [0.15, 0.2) is 0 Å². The monoisotopic (exact) mass is 268 g/mol. The molecule has 0 saturated carbocycles. The Balaban J connectivity index is 2.90. The van der Waals surface area contributed by atoms with Crippen LogP contribution in [0.4, 0.5) is 0 Å². The van der Waals surface area contributed by atoms with Crippen LogP contribution < -0.4 is 20.7 Å². The van der Waals surface area contributed by atoms with Gasteiger partial charge >= 0.3 is 0 Å². The van der Waals surface area contributed by atoms with Crippen molar-refractivity contribution in [3.8, 4) is 11.5 Å². The first-order chi connectivity index (χ1) is 9.14. The van der Waals surface area contributed by atoms with Crippen LogP contribution >= 0.6 is 0 Å². The fourth-order valence-electron chi connectivity index (χ4n) is 2.09. The lowest BCUT2D eigenvalue weighted by Gasteiger charge is -2.21. The number of hydrogen-bond acceptors (Lipinski definition) is 5. The Bertz CT molecular complexity index is 363. The van der Waals surface area contributed by atoms with Crippen molar-refractivity contribution < 1.29 is 14.2 Å². The Kier molecular flexibility index (Phi) is 6.62. The van der Waals surface area contributed by atoms with Crippen molar-refractivity contribution in [2.45, 2.75) is 19.4 Å². The van der Waals surface area contributed by atoms with Gasteiger partial charge in [-0.2, -0.15) is 0 Å². The van der Waals surface area contributed by atoms with Crippen molar-refractivity contribution in [2.24, 2.45) is 11.8 Å². The standard InChI is InChI=1S/C14H24N2O3/c1-10(9-17-2)5-14(16-15)11-6-12(18-3)8-13(7-11)19-4/h6-8,10,14,16H,5,9,15H2,1-4H3. The lowest BCUT2D eigenvalue weighted by molar-refractivity contribution is 0.149. The predicted molar refractivity (Wildman–Crippen MR) is 75.3 cm³/mol. The molecule has 0 bridgehead atoms. The number of benzene rings is 1. The second-order valence-corrected chi connectivity index (χ2v) is 4.66. The third-order valence-corrected chi connectivity index (χ3v) is 3.07. The number of ether oxygens (including phenoxy) is 3. The molecule has 0 amide bonds. The number of hydrogen-bond donors (Lipinski definition) is 2. The number of methoxy groups -OCH3 is 3. The lowest BCUT2D eigenvalue weighted by atomic mass is 9.96. The number of hydrazine groups is 1. The van der Waals surface area contributed by atoms with E-state index >= 15 is 0 Å². The number of rotatable bonds is 8. The molecule has 0 radical (unpaired) electrons. The van der Waals surface area contributed by atoms with Crippen molar-refractivity contribution in [1.82, 2.24) is 5.43 Å². The first kappa shape index (κ1) is 15.8. The van der Waals surface area contributed by atoms with Gasteiger partial charge in [0.25, 0.3) is 0 Å². The molecule has 5 nitrogen and oxygen atoms in total. The van der Waals surface area contributed by atoms with Gasteiger partial charge in [-0.15, -0.1) is 0 Å². The van der Waals surface area contributed by atoms with Crippen LogP contribution in [0.2, 0.25) is 0 Å². The third-order valence-electron chi connectivity index (χ3n) is 3.07. The molecule has 2 atom stereocenters. The number of nitrogens with two attached hydrogens (primary N) is 1. The van der Waals surface area contributed by atoms with E-state index in [9.17, 15) is 0 Å². The van der Waals surface area contributed by atoms with Crippen LogP contribution in [-0.4, -0.2) is 27.9 Å². The molecule has 0 saturated heterocycles. The van der Waals surface area contributed by atoms with E-state index in [0.29, 0.717) is 12.5 Å². The Morgan fingerprint density at radius 3 is 2.11 bits per heavy atom. The molecule has 1 aromatic carbocycles. The highest BCUT2D eigenvalue weighted by molar-refractivity contribution is 5.39. The second-order valence-electron chi connectivity index (χ2n) is 4.66. The summed E-state index contributed by atoms with van der Waals surface area (Å²) in [5, 5.41) is 0. The molecule has 1 aromatic rings. The SMILES string of the molecule is COCC(C)CC(NN)c1cc(OC)cc(OC)c1. The fourth-order valence-corrected chi connectivity index (χ4v) is 2.09. The predicted octanol–water partition coefficient (Wildman–Crippen LogP) is 1.88. The van der Waals surface area contributed by atoms with Gasteiger partial charge in [-0.3, -0.25) is 11.3 Å². The van der Waals surface area contributed by atoms with Gasteiger partial charge in [-0.25, -0.2) is 0 Å². The molecule has 108 valence electrons. The van der Waals surface area contributed by atoms with Crippen molar-refractivity contribution in [2.75, 3.05) is 27.9 Å². The van der Waals surface area contributed by atoms with E-state index in [2.05, 4.69) is 12.3 Å². The first-order valence-electron chi connectivity index (χ1n) is 6.32. The highest BCUT2D eigenvalue weighted by Crippen LogP contribution is 2.29. The molecular formula is C14H24N2O3. The molecule has 0 aliphatic rings.